The van der Waals surface area contributed by atoms with Gasteiger partial charge in [-0.15, -0.1) is 0 Å². The van der Waals surface area contributed by atoms with Crippen LogP contribution in [0.3, 0.4) is 0 Å². The molecule has 1 aromatic carbocycles. The Kier molecular flexibility index (Phi) is 5.34. The number of carbonyl (C=O) groups is 1. The van der Waals surface area contributed by atoms with Gasteiger partial charge in [-0.2, -0.15) is 0 Å². The van der Waals surface area contributed by atoms with Crippen LogP contribution in [0.25, 0.3) is 22.4 Å². The molecule has 0 aliphatic carbocycles. The molecule has 0 aliphatic rings. The minimum Gasteiger partial charge on any atom is -0.454 e. The van der Waals surface area contributed by atoms with Crippen LogP contribution in [-0.4, -0.2) is 42.9 Å². The van der Waals surface area contributed by atoms with Crippen molar-refractivity contribution in [3.05, 3.63) is 65.5 Å². The molecule has 10 heteroatoms. The topological polar surface area (TPSA) is 116 Å². The smallest absolute Gasteiger partial charge is 0.339 e. The second-order valence-corrected chi connectivity index (χ2v) is 9.04. The van der Waals surface area contributed by atoms with Gasteiger partial charge in [-0.3, -0.25) is 0 Å². The summed E-state index contributed by atoms with van der Waals surface area (Å²) < 4.78 is 41.3. The molecule has 0 atom stereocenters. The molecule has 0 spiro atoms. The summed E-state index contributed by atoms with van der Waals surface area (Å²) >= 11 is 0. The van der Waals surface area contributed by atoms with Crippen molar-refractivity contribution in [2.75, 3.05) is 14.1 Å². The van der Waals surface area contributed by atoms with E-state index in [2.05, 4.69) is 10.1 Å². The Hall–Kier alpha value is -3.50. The summed E-state index contributed by atoms with van der Waals surface area (Å²) in [6.45, 7) is 1.47. The number of rotatable bonds is 6. The standard InChI is InChI=1S/C21H19N3O6S/c1-13-19-16(11-17(22-20(19)30-23-13)14-7-5-4-6-8-14)21(25)28-12-15-9-10-18(29-15)31(26,27)24(2)3/h4-11H,12H2,1-3H3. The first-order valence-electron chi connectivity index (χ1n) is 9.28. The number of nitrogens with zero attached hydrogens (tertiary/aromatic N) is 3. The lowest BCUT2D eigenvalue weighted by Gasteiger charge is -2.08. The highest BCUT2D eigenvalue weighted by atomic mass is 32.2. The first-order valence-corrected chi connectivity index (χ1v) is 10.7. The van der Waals surface area contributed by atoms with Gasteiger partial charge in [0, 0.05) is 19.7 Å². The lowest BCUT2D eigenvalue weighted by atomic mass is 10.1. The van der Waals surface area contributed by atoms with E-state index in [1.165, 1.54) is 26.2 Å². The van der Waals surface area contributed by atoms with Crippen LogP contribution < -0.4 is 0 Å². The molecule has 0 fully saturated rings. The molecule has 4 aromatic rings. The third-order valence-electron chi connectivity index (χ3n) is 4.62. The predicted molar refractivity (Wildman–Crippen MR) is 111 cm³/mol. The Morgan fingerprint density at radius 3 is 2.58 bits per heavy atom. The Labute approximate surface area is 178 Å². The Bertz CT molecular complexity index is 1360. The number of ether oxygens (including phenoxy) is 1. The van der Waals surface area contributed by atoms with Crippen LogP contribution in [0, 0.1) is 6.92 Å². The third-order valence-corrected chi connectivity index (χ3v) is 6.31. The summed E-state index contributed by atoms with van der Waals surface area (Å²) in [7, 11) is -0.911. The largest absolute Gasteiger partial charge is 0.454 e. The number of benzene rings is 1. The zero-order valence-corrected chi connectivity index (χ0v) is 17.8. The molecule has 0 aliphatic heterocycles. The van der Waals surface area contributed by atoms with Gasteiger partial charge in [0.25, 0.3) is 15.7 Å². The number of hydrogen-bond acceptors (Lipinski definition) is 8. The van der Waals surface area contributed by atoms with Crippen molar-refractivity contribution in [1.82, 2.24) is 14.4 Å². The SMILES string of the molecule is Cc1noc2nc(-c3ccccc3)cc(C(=O)OCc3ccc(S(=O)(=O)N(C)C)o3)c12. The molecule has 9 nitrogen and oxygen atoms in total. The van der Waals surface area contributed by atoms with Crippen LogP contribution in [0.4, 0.5) is 0 Å². The number of aromatic nitrogens is 2. The number of fused-ring (bicyclic) bond motifs is 1. The summed E-state index contributed by atoms with van der Waals surface area (Å²) in [5.74, 6) is -0.436. The molecule has 0 saturated heterocycles. The number of pyridine rings is 1. The van der Waals surface area contributed by atoms with Crippen molar-refractivity contribution >= 4 is 27.1 Å². The van der Waals surface area contributed by atoms with Gasteiger partial charge in [0.2, 0.25) is 5.09 Å². The average molecular weight is 441 g/mol. The van der Waals surface area contributed by atoms with Crippen molar-refractivity contribution in [2.24, 2.45) is 0 Å². The summed E-state index contributed by atoms with van der Waals surface area (Å²) in [6.07, 6.45) is 0. The molecule has 0 saturated carbocycles. The second kappa shape index (κ2) is 7.97. The second-order valence-electron chi connectivity index (χ2n) is 6.95. The van der Waals surface area contributed by atoms with Crippen LogP contribution in [-0.2, 0) is 21.4 Å². The number of hydrogen-bond donors (Lipinski definition) is 0. The summed E-state index contributed by atoms with van der Waals surface area (Å²) in [6, 6.07) is 13.7. The quantitative estimate of drug-likeness (QED) is 0.418. The summed E-state index contributed by atoms with van der Waals surface area (Å²) in [5, 5.41) is 4.14. The van der Waals surface area contributed by atoms with Gasteiger partial charge >= 0.3 is 5.97 Å². The lowest BCUT2D eigenvalue weighted by Crippen LogP contribution is -2.21. The van der Waals surface area contributed by atoms with Gasteiger partial charge in [0.1, 0.15) is 12.4 Å². The Morgan fingerprint density at radius 1 is 1.13 bits per heavy atom. The lowest BCUT2D eigenvalue weighted by molar-refractivity contribution is 0.0443. The highest BCUT2D eigenvalue weighted by Gasteiger charge is 2.23. The number of furan rings is 1. The minimum atomic E-state index is -3.71. The van der Waals surface area contributed by atoms with Gasteiger partial charge in [-0.05, 0) is 25.1 Å². The number of esters is 1. The van der Waals surface area contributed by atoms with Crippen LogP contribution in [0.15, 0.2) is 62.6 Å². The van der Waals surface area contributed by atoms with E-state index in [-0.39, 0.29) is 28.7 Å². The molecular weight excluding hydrogens is 422 g/mol. The maximum absolute atomic E-state index is 12.9. The molecule has 160 valence electrons. The molecular formula is C21H19N3O6S. The zero-order chi connectivity index (χ0) is 22.2. The molecule has 3 aromatic heterocycles. The van der Waals surface area contributed by atoms with Gasteiger partial charge in [0.15, 0.2) is 0 Å². The third kappa shape index (κ3) is 3.94. The van der Waals surface area contributed by atoms with E-state index in [0.717, 1.165) is 9.87 Å². The molecule has 0 bridgehead atoms. The van der Waals surface area contributed by atoms with E-state index in [4.69, 9.17) is 13.7 Å². The zero-order valence-electron chi connectivity index (χ0n) is 17.0. The number of sulfonamides is 1. The molecule has 3 heterocycles. The maximum atomic E-state index is 12.9. The van der Waals surface area contributed by atoms with Crippen molar-refractivity contribution in [1.29, 1.82) is 0 Å². The van der Waals surface area contributed by atoms with E-state index >= 15 is 0 Å². The fourth-order valence-electron chi connectivity index (χ4n) is 2.98. The first-order chi connectivity index (χ1) is 14.8. The van der Waals surface area contributed by atoms with E-state index in [1.54, 1.807) is 13.0 Å². The molecule has 31 heavy (non-hydrogen) atoms. The summed E-state index contributed by atoms with van der Waals surface area (Å²) in [5.41, 5.74) is 2.32. The monoisotopic (exact) mass is 441 g/mol. The fraction of sp³-hybridized carbons (Fsp3) is 0.190. The van der Waals surface area contributed by atoms with Gasteiger partial charge < -0.3 is 13.7 Å². The fourth-order valence-corrected chi connectivity index (χ4v) is 3.79. The van der Waals surface area contributed by atoms with Crippen LogP contribution in [0.1, 0.15) is 21.8 Å². The molecule has 0 unspecified atom stereocenters. The van der Waals surface area contributed by atoms with Crippen molar-refractivity contribution < 1.29 is 26.9 Å². The van der Waals surface area contributed by atoms with Crippen LogP contribution >= 0.6 is 0 Å². The Morgan fingerprint density at radius 2 is 1.87 bits per heavy atom. The van der Waals surface area contributed by atoms with Crippen LogP contribution in [0.5, 0.6) is 0 Å². The number of aryl methyl sites for hydroxylation is 1. The summed E-state index contributed by atoms with van der Waals surface area (Å²) in [4.78, 5) is 17.3. The van der Waals surface area contributed by atoms with Gasteiger partial charge in [-0.25, -0.2) is 22.5 Å². The maximum Gasteiger partial charge on any atom is 0.339 e. The highest BCUT2D eigenvalue weighted by Crippen LogP contribution is 2.28. The average Bonchev–Trinajstić information content (AvgIpc) is 3.39. The van der Waals surface area contributed by atoms with E-state index in [0.29, 0.717) is 16.8 Å². The predicted octanol–water partition coefficient (Wildman–Crippen LogP) is 3.40. The normalized spacial score (nSPS) is 11.9. The minimum absolute atomic E-state index is 0.199. The van der Waals surface area contributed by atoms with E-state index < -0.39 is 16.0 Å². The Balaban J connectivity index is 1.62. The van der Waals surface area contributed by atoms with Gasteiger partial charge in [-0.1, -0.05) is 35.5 Å². The molecule has 4 rings (SSSR count). The van der Waals surface area contributed by atoms with Gasteiger partial charge in [0.05, 0.1) is 22.3 Å². The molecule has 0 N–H and O–H groups in total. The van der Waals surface area contributed by atoms with Crippen molar-refractivity contribution in [2.45, 2.75) is 18.6 Å². The van der Waals surface area contributed by atoms with Crippen molar-refractivity contribution in [3.63, 3.8) is 0 Å². The highest BCUT2D eigenvalue weighted by molar-refractivity contribution is 7.88. The molecule has 0 radical (unpaired) electrons. The first kappa shape index (κ1) is 20.8. The number of carbonyl (C=O) groups excluding carboxylic acids is 1. The van der Waals surface area contributed by atoms with E-state index in [9.17, 15) is 13.2 Å². The van der Waals surface area contributed by atoms with Crippen molar-refractivity contribution in [3.8, 4) is 11.3 Å². The van der Waals surface area contributed by atoms with E-state index in [1.807, 2.05) is 30.3 Å². The molecule has 0 amide bonds. The van der Waals surface area contributed by atoms with Crippen LogP contribution in [0.2, 0.25) is 0 Å².